The van der Waals surface area contributed by atoms with Crippen LogP contribution in [-0.4, -0.2) is 93.0 Å². The van der Waals surface area contributed by atoms with Gasteiger partial charge in [0, 0.05) is 63.3 Å². The van der Waals surface area contributed by atoms with E-state index in [1.165, 1.54) is 6.33 Å². The lowest BCUT2D eigenvalue weighted by molar-refractivity contribution is 0.145. The van der Waals surface area contributed by atoms with E-state index in [0.29, 0.717) is 42.0 Å². The van der Waals surface area contributed by atoms with Crippen LogP contribution in [0.4, 0.5) is 16.3 Å². The van der Waals surface area contributed by atoms with Crippen molar-refractivity contribution < 1.29 is 23.7 Å². The van der Waals surface area contributed by atoms with Gasteiger partial charge in [0.25, 0.3) is 0 Å². The van der Waals surface area contributed by atoms with Gasteiger partial charge in [-0.3, -0.25) is 4.90 Å². The number of anilines is 2. The topological polar surface area (TPSA) is 102 Å². The van der Waals surface area contributed by atoms with Gasteiger partial charge in [-0.05, 0) is 50.1 Å². The van der Waals surface area contributed by atoms with E-state index in [4.69, 9.17) is 18.9 Å². The largest absolute Gasteiger partial charge is 0.493 e. The molecule has 1 amide bonds. The summed E-state index contributed by atoms with van der Waals surface area (Å²) in [5.74, 6) is 2.58. The molecule has 0 bridgehead atoms. The number of hydrogen-bond acceptors (Lipinski definition) is 10. The zero-order valence-corrected chi connectivity index (χ0v) is 28.5. The molecule has 11 heteroatoms. The van der Waals surface area contributed by atoms with Crippen LogP contribution >= 0.6 is 0 Å². The van der Waals surface area contributed by atoms with Crippen LogP contribution in [0.3, 0.4) is 0 Å². The number of hydrogen-bond donors (Lipinski definition) is 1. The molecule has 3 aromatic carbocycles. The lowest BCUT2D eigenvalue weighted by Gasteiger charge is -2.32. The molecule has 1 saturated heterocycles. The minimum atomic E-state index is -0.557. The molecule has 1 fully saturated rings. The third-order valence-electron chi connectivity index (χ3n) is 8.52. The van der Waals surface area contributed by atoms with E-state index < -0.39 is 12.1 Å². The molecule has 0 radical (unpaired) electrons. The fourth-order valence-electron chi connectivity index (χ4n) is 5.83. The zero-order valence-electron chi connectivity index (χ0n) is 28.5. The van der Waals surface area contributed by atoms with Gasteiger partial charge in [-0.2, -0.15) is 0 Å². The van der Waals surface area contributed by atoms with Crippen molar-refractivity contribution in [2.75, 3.05) is 77.4 Å². The summed E-state index contributed by atoms with van der Waals surface area (Å²) < 4.78 is 23.8. The number of para-hydroxylation sites is 1. The first-order valence-electron chi connectivity index (χ1n) is 16.3. The maximum absolute atomic E-state index is 14.1. The number of aromatic nitrogens is 2. The lowest BCUT2D eigenvalue weighted by atomic mass is 10.0. The number of piperazine rings is 1. The van der Waals surface area contributed by atoms with Crippen molar-refractivity contribution in [2.24, 2.45) is 0 Å². The minimum absolute atomic E-state index is 0.314. The predicted octanol–water partition coefficient (Wildman–Crippen LogP) is 5.99. The van der Waals surface area contributed by atoms with Gasteiger partial charge in [0.15, 0.2) is 11.5 Å². The number of ether oxygens (including phenoxy) is 4. The van der Waals surface area contributed by atoms with E-state index in [1.54, 1.807) is 31.4 Å². The monoisotopic (exact) mass is 654 g/mol. The first kappa shape index (κ1) is 34.5. The number of carbonyl (C=O) groups excluding carboxylic acids is 1. The standard InChI is InChI=1S/C37H46N6O5/c1-27-11-9-12-28(2)35(27)48-37(44)43(34-15-16-38-26-40-34)31(29-13-7-6-8-14-29)25-39-30-23-32(45-4)36(46-5)33(24-30)47-22-10-17-42-20-18-41(3)19-21-42/h6-9,11-16,23-24,26,31,39H,10,17-22,25H2,1-5H3/t31-/m0/s1. The Morgan fingerprint density at radius 1 is 0.917 bits per heavy atom. The average Bonchev–Trinajstić information content (AvgIpc) is 3.11. The van der Waals surface area contributed by atoms with Gasteiger partial charge < -0.3 is 34.1 Å². The quantitative estimate of drug-likeness (QED) is 0.163. The number of likely N-dealkylation sites (N-methyl/N-ethyl adjacent to an activating group) is 1. The summed E-state index contributed by atoms with van der Waals surface area (Å²) >= 11 is 0. The highest BCUT2D eigenvalue weighted by molar-refractivity contribution is 5.89. The van der Waals surface area contributed by atoms with Crippen molar-refractivity contribution in [3.05, 3.63) is 95.9 Å². The molecule has 1 aromatic heterocycles. The highest BCUT2D eigenvalue weighted by atomic mass is 16.6. The van der Waals surface area contributed by atoms with Crippen LogP contribution in [0.25, 0.3) is 0 Å². The van der Waals surface area contributed by atoms with E-state index >= 15 is 0 Å². The van der Waals surface area contributed by atoms with Crippen molar-refractivity contribution in [3.63, 3.8) is 0 Å². The zero-order chi connectivity index (χ0) is 33.9. The summed E-state index contributed by atoms with van der Waals surface area (Å²) in [4.78, 5) is 29.0. The van der Waals surface area contributed by atoms with Gasteiger partial charge in [-0.15, -0.1) is 0 Å². The number of rotatable bonds is 14. The van der Waals surface area contributed by atoms with Crippen LogP contribution in [0, 0.1) is 13.8 Å². The normalized spacial score (nSPS) is 14.2. The molecule has 1 N–H and O–H groups in total. The van der Waals surface area contributed by atoms with Gasteiger partial charge in [0.05, 0.1) is 26.9 Å². The van der Waals surface area contributed by atoms with Crippen LogP contribution in [0.2, 0.25) is 0 Å². The Kier molecular flexibility index (Phi) is 12.1. The summed E-state index contributed by atoms with van der Waals surface area (Å²) in [6.07, 6.45) is 3.36. The van der Waals surface area contributed by atoms with E-state index in [-0.39, 0.29) is 0 Å². The van der Waals surface area contributed by atoms with Crippen molar-refractivity contribution in [2.45, 2.75) is 26.3 Å². The van der Waals surface area contributed by atoms with Crippen molar-refractivity contribution in [1.82, 2.24) is 19.8 Å². The second kappa shape index (κ2) is 16.8. The molecule has 1 aliphatic heterocycles. The fourth-order valence-corrected chi connectivity index (χ4v) is 5.83. The van der Waals surface area contributed by atoms with Gasteiger partial charge >= 0.3 is 6.09 Å². The van der Waals surface area contributed by atoms with Crippen LogP contribution in [0.5, 0.6) is 23.0 Å². The van der Waals surface area contributed by atoms with E-state index in [0.717, 1.165) is 61.5 Å². The summed E-state index contributed by atoms with van der Waals surface area (Å²) in [5, 5.41) is 3.53. The Morgan fingerprint density at radius 3 is 2.31 bits per heavy atom. The molecule has 254 valence electrons. The molecule has 0 saturated carbocycles. The van der Waals surface area contributed by atoms with E-state index in [9.17, 15) is 4.79 Å². The summed E-state index contributed by atoms with van der Waals surface area (Å²) in [6.45, 7) is 9.97. The summed E-state index contributed by atoms with van der Waals surface area (Å²) in [7, 11) is 5.37. The molecule has 5 rings (SSSR count). The van der Waals surface area contributed by atoms with Crippen LogP contribution < -0.4 is 29.2 Å². The smallest absolute Gasteiger partial charge is 0.421 e. The first-order valence-corrected chi connectivity index (χ1v) is 16.3. The highest BCUT2D eigenvalue weighted by Gasteiger charge is 2.31. The summed E-state index contributed by atoms with van der Waals surface area (Å²) in [5.41, 5.74) is 3.36. The predicted molar refractivity (Wildman–Crippen MR) is 188 cm³/mol. The molecule has 4 aromatic rings. The molecule has 1 aliphatic rings. The third kappa shape index (κ3) is 8.72. The fraction of sp³-hybridized carbons (Fsp3) is 0.378. The van der Waals surface area contributed by atoms with Gasteiger partial charge in [-0.1, -0.05) is 48.5 Å². The SMILES string of the molecule is COc1cc(NC[C@@H](c2ccccc2)N(C(=O)Oc2c(C)cccc2C)c2ccncn2)cc(OCCCN2CCN(C)CC2)c1OC. The van der Waals surface area contributed by atoms with Crippen molar-refractivity contribution in [3.8, 4) is 23.0 Å². The summed E-state index contributed by atoms with van der Waals surface area (Å²) in [6, 6.07) is 20.5. The Balaban J connectivity index is 1.39. The number of nitrogens with zero attached hydrogens (tertiary/aromatic N) is 5. The van der Waals surface area contributed by atoms with E-state index in [2.05, 4.69) is 32.1 Å². The maximum Gasteiger partial charge on any atom is 0.421 e. The Bertz CT molecular complexity index is 1600. The number of carbonyl (C=O) groups is 1. The molecule has 0 unspecified atom stereocenters. The average molecular weight is 655 g/mol. The number of amides is 1. The van der Waals surface area contributed by atoms with Gasteiger partial charge in [0.1, 0.15) is 17.9 Å². The highest BCUT2D eigenvalue weighted by Crippen LogP contribution is 2.41. The first-order chi connectivity index (χ1) is 23.4. The minimum Gasteiger partial charge on any atom is -0.493 e. The molecule has 2 heterocycles. The Labute approximate surface area is 283 Å². The molecule has 48 heavy (non-hydrogen) atoms. The van der Waals surface area contributed by atoms with Crippen LogP contribution in [0.15, 0.2) is 79.3 Å². The molecule has 0 spiro atoms. The second-order valence-electron chi connectivity index (χ2n) is 11.9. The number of benzene rings is 3. The molecule has 1 atom stereocenters. The Hall–Kier alpha value is -4.87. The molecular formula is C37H46N6O5. The Morgan fingerprint density at radius 2 is 1.65 bits per heavy atom. The third-order valence-corrected chi connectivity index (χ3v) is 8.52. The second-order valence-corrected chi connectivity index (χ2v) is 11.9. The van der Waals surface area contributed by atoms with Crippen molar-refractivity contribution in [1.29, 1.82) is 0 Å². The van der Waals surface area contributed by atoms with Crippen molar-refractivity contribution >= 4 is 17.6 Å². The van der Waals surface area contributed by atoms with E-state index in [1.807, 2.05) is 74.5 Å². The maximum atomic E-state index is 14.1. The van der Waals surface area contributed by atoms with Crippen LogP contribution in [0.1, 0.15) is 29.2 Å². The van der Waals surface area contributed by atoms with Gasteiger partial charge in [-0.25, -0.2) is 14.8 Å². The van der Waals surface area contributed by atoms with Crippen LogP contribution in [-0.2, 0) is 0 Å². The lowest BCUT2D eigenvalue weighted by Crippen LogP contribution is -2.44. The molecule has 0 aliphatic carbocycles. The number of aryl methyl sites for hydroxylation is 2. The van der Waals surface area contributed by atoms with Gasteiger partial charge in [0.2, 0.25) is 5.75 Å². The molecule has 11 nitrogen and oxygen atoms in total. The number of methoxy groups -OCH3 is 2. The molecular weight excluding hydrogens is 608 g/mol. The number of nitrogens with one attached hydrogen (secondary N) is 1.